The lowest BCUT2D eigenvalue weighted by Crippen LogP contribution is -2.05. The SMILES string of the molecule is COc1cccc(C=C2C=C(C3CCCS3)OC2=O)c1. The average molecular weight is 288 g/mol. The molecule has 0 spiro atoms. The quantitative estimate of drug-likeness (QED) is 0.630. The van der Waals surface area contributed by atoms with Gasteiger partial charge in [-0.3, -0.25) is 0 Å². The number of rotatable bonds is 3. The normalized spacial score (nSPS) is 23.9. The first-order valence-corrected chi connectivity index (χ1v) is 7.72. The molecule has 3 nitrogen and oxygen atoms in total. The van der Waals surface area contributed by atoms with Gasteiger partial charge in [-0.25, -0.2) is 4.79 Å². The summed E-state index contributed by atoms with van der Waals surface area (Å²) in [5.41, 5.74) is 1.55. The Balaban J connectivity index is 1.84. The molecule has 2 heterocycles. The monoisotopic (exact) mass is 288 g/mol. The zero-order chi connectivity index (χ0) is 13.9. The van der Waals surface area contributed by atoms with Crippen molar-refractivity contribution in [3.8, 4) is 5.75 Å². The highest BCUT2D eigenvalue weighted by atomic mass is 32.2. The van der Waals surface area contributed by atoms with Crippen molar-refractivity contribution >= 4 is 23.8 Å². The van der Waals surface area contributed by atoms with Crippen LogP contribution >= 0.6 is 11.8 Å². The molecule has 1 fully saturated rings. The predicted octanol–water partition coefficient (Wildman–Crippen LogP) is 3.41. The van der Waals surface area contributed by atoms with Crippen LogP contribution in [-0.2, 0) is 9.53 Å². The second kappa shape index (κ2) is 5.75. The maximum absolute atomic E-state index is 11.9. The summed E-state index contributed by atoms with van der Waals surface area (Å²) in [5.74, 6) is 2.48. The molecule has 0 saturated carbocycles. The maximum atomic E-state index is 11.9. The van der Waals surface area contributed by atoms with Crippen molar-refractivity contribution in [3.63, 3.8) is 0 Å². The summed E-state index contributed by atoms with van der Waals surface area (Å²) in [6, 6.07) is 7.63. The van der Waals surface area contributed by atoms with Gasteiger partial charge in [0.25, 0.3) is 0 Å². The number of hydrogen-bond acceptors (Lipinski definition) is 4. The Kier molecular flexibility index (Phi) is 3.83. The molecule has 1 aromatic carbocycles. The lowest BCUT2D eigenvalue weighted by molar-refractivity contribution is -0.133. The van der Waals surface area contributed by atoms with Crippen LogP contribution in [-0.4, -0.2) is 24.1 Å². The van der Waals surface area contributed by atoms with Crippen LogP contribution in [0.15, 0.2) is 41.7 Å². The smallest absolute Gasteiger partial charge is 0.343 e. The first-order valence-electron chi connectivity index (χ1n) is 6.67. The van der Waals surface area contributed by atoms with E-state index in [1.54, 1.807) is 7.11 Å². The third-order valence-electron chi connectivity index (χ3n) is 3.41. The Bertz CT molecular complexity index is 583. The van der Waals surface area contributed by atoms with E-state index in [2.05, 4.69) is 0 Å². The molecule has 2 aliphatic rings. The van der Waals surface area contributed by atoms with Gasteiger partial charge in [-0.2, -0.15) is 11.8 Å². The first-order chi connectivity index (χ1) is 9.76. The van der Waals surface area contributed by atoms with E-state index in [1.165, 1.54) is 6.42 Å². The topological polar surface area (TPSA) is 35.5 Å². The van der Waals surface area contributed by atoms with E-state index in [0.717, 1.165) is 29.2 Å². The van der Waals surface area contributed by atoms with Gasteiger partial charge in [0.2, 0.25) is 0 Å². The minimum atomic E-state index is -0.254. The molecule has 0 aliphatic carbocycles. The van der Waals surface area contributed by atoms with Gasteiger partial charge in [0.1, 0.15) is 11.5 Å². The van der Waals surface area contributed by atoms with E-state index in [4.69, 9.17) is 9.47 Å². The van der Waals surface area contributed by atoms with Crippen molar-refractivity contribution in [2.45, 2.75) is 18.1 Å². The number of methoxy groups -OCH3 is 1. The second-order valence-electron chi connectivity index (χ2n) is 4.81. The second-order valence-corrected chi connectivity index (χ2v) is 6.12. The highest BCUT2D eigenvalue weighted by molar-refractivity contribution is 8.00. The Morgan fingerprint density at radius 1 is 1.45 bits per heavy atom. The van der Waals surface area contributed by atoms with Crippen LogP contribution in [0.2, 0.25) is 0 Å². The number of benzene rings is 1. The molecule has 1 atom stereocenters. The molecule has 2 aliphatic heterocycles. The zero-order valence-corrected chi connectivity index (χ0v) is 12.1. The Labute approximate surface area is 122 Å². The van der Waals surface area contributed by atoms with Crippen molar-refractivity contribution in [1.82, 2.24) is 0 Å². The van der Waals surface area contributed by atoms with Gasteiger partial charge >= 0.3 is 5.97 Å². The van der Waals surface area contributed by atoms with Gasteiger partial charge in [0.05, 0.1) is 17.9 Å². The van der Waals surface area contributed by atoms with Crippen LogP contribution in [0.1, 0.15) is 18.4 Å². The van der Waals surface area contributed by atoms with Gasteiger partial charge in [-0.1, -0.05) is 12.1 Å². The zero-order valence-electron chi connectivity index (χ0n) is 11.3. The number of cyclic esters (lactones) is 1. The number of ether oxygens (including phenoxy) is 2. The van der Waals surface area contributed by atoms with Crippen LogP contribution in [0.5, 0.6) is 5.75 Å². The average Bonchev–Trinajstić information content (AvgIpc) is 3.10. The molecule has 0 aromatic heterocycles. The summed E-state index contributed by atoms with van der Waals surface area (Å²) >= 11 is 1.86. The van der Waals surface area contributed by atoms with E-state index in [0.29, 0.717) is 10.8 Å². The van der Waals surface area contributed by atoms with Crippen molar-refractivity contribution in [2.75, 3.05) is 12.9 Å². The van der Waals surface area contributed by atoms with Gasteiger partial charge in [-0.05, 0) is 48.4 Å². The fraction of sp³-hybridized carbons (Fsp3) is 0.312. The minimum Gasteiger partial charge on any atom is -0.497 e. The van der Waals surface area contributed by atoms with E-state index < -0.39 is 0 Å². The lowest BCUT2D eigenvalue weighted by Gasteiger charge is -2.07. The summed E-state index contributed by atoms with van der Waals surface area (Å²) in [6.45, 7) is 0. The largest absolute Gasteiger partial charge is 0.497 e. The molecule has 1 unspecified atom stereocenters. The highest BCUT2D eigenvalue weighted by Crippen LogP contribution is 2.36. The summed E-state index contributed by atoms with van der Waals surface area (Å²) in [6.07, 6.45) is 6.01. The van der Waals surface area contributed by atoms with Crippen LogP contribution in [0.25, 0.3) is 6.08 Å². The Morgan fingerprint density at radius 3 is 3.10 bits per heavy atom. The van der Waals surface area contributed by atoms with E-state index in [9.17, 15) is 4.79 Å². The van der Waals surface area contributed by atoms with Crippen molar-refractivity contribution in [2.24, 2.45) is 0 Å². The number of thioether (sulfide) groups is 1. The third kappa shape index (κ3) is 2.75. The predicted molar refractivity (Wildman–Crippen MR) is 80.6 cm³/mol. The number of carbonyl (C=O) groups is 1. The van der Waals surface area contributed by atoms with Crippen LogP contribution in [0.4, 0.5) is 0 Å². The Morgan fingerprint density at radius 2 is 2.35 bits per heavy atom. The van der Waals surface area contributed by atoms with Gasteiger partial charge in [0, 0.05) is 0 Å². The molecular formula is C16H16O3S. The fourth-order valence-corrected chi connectivity index (χ4v) is 3.61. The molecule has 0 radical (unpaired) electrons. The van der Waals surface area contributed by atoms with Gasteiger partial charge in [-0.15, -0.1) is 0 Å². The molecule has 0 amide bonds. The van der Waals surface area contributed by atoms with Crippen LogP contribution < -0.4 is 4.74 Å². The minimum absolute atomic E-state index is 0.254. The van der Waals surface area contributed by atoms with E-state index >= 15 is 0 Å². The molecule has 1 aromatic rings. The number of carbonyl (C=O) groups excluding carboxylic acids is 1. The van der Waals surface area contributed by atoms with Crippen LogP contribution in [0, 0.1) is 0 Å². The molecule has 20 heavy (non-hydrogen) atoms. The molecular weight excluding hydrogens is 272 g/mol. The maximum Gasteiger partial charge on any atom is 0.343 e. The van der Waals surface area contributed by atoms with Crippen molar-refractivity contribution in [1.29, 1.82) is 0 Å². The molecule has 1 saturated heterocycles. The highest BCUT2D eigenvalue weighted by Gasteiger charge is 2.29. The standard InChI is InChI=1S/C16H16O3S/c1-18-13-5-2-4-11(9-13)8-12-10-14(19-16(12)17)15-6-3-7-20-15/h2,4-5,8-10,15H,3,6-7H2,1H3. The van der Waals surface area contributed by atoms with E-state index in [-0.39, 0.29) is 5.97 Å². The van der Waals surface area contributed by atoms with E-state index in [1.807, 2.05) is 48.2 Å². The molecule has 3 rings (SSSR count). The summed E-state index contributed by atoms with van der Waals surface area (Å²) in [7, 11) is 1.63. The number of esters is 1. The summed E-state index contributed by atoms with van der Waals surface area (Å²) in [5, 5.41) is 0.343. The number of hydrogen-bond donors (Lipinski definition) is 0. The lowest BCUT2D eigenvalue weighted by atomic mass is 10.1. The molecule has 0 N–H and O–H groups in total. The fourth-order valence-electron chi connectivity index (χ4n) is 2.38. The van der Waals surface area contributed by atoms with Gasteiger partial charge < -0.3 is 9.47 Å². The summed E-state index contributed by atoms with van der Waals surface area (Å²) in [4.78, 5) is 11.9. The molecule has 4 heteroatoms. The third-order valence-corrected chi connectivity index (χ3v) is 4.80. The summed E-state index contributed by atoms with van der Waals surface area (Å²) < 4.78 is 10.6. The van der Waals surface area contributed by atoms with Crippen LogP contribution in [0.3, 0.4) is 0 Å². The van der Waals surface area contributed by atoms with Gasteiger partial charge in [0.15, 0.2) is 0 Å². The van der Waals surface area contributed by atoms with Crippen molar-refractivity contribution < 1.29 is 14.3 Å². The Hall–Kier alpha value is -1.68. The molecule has 104 valence electrons. The first kappa shape index (κ1) is 13.3. The van der Waals surface area contributed by atoms with Crippen molar-refractivity contribution in [3.05, 3.63) is 47.2 Å². The molecule has 0 bridgehead atoms.